The molecule has 29 heavy (non-hydrogen) atoms. The van der Waals surface area contributed by atoms with E-state index in [-0.39, 0.29) is 53.0 Å². The van der Waals surface area contributed by atoms with E-state index in [4.69, 9.17) is 32.8 Å². The van der Waals surface area contributed by atoms with Crippen LogP contribution in [-0.2, 0) is 14.4 Å². The van der Waals surface area contributed by atoms with Gasteiger partial charge in [0.15, 0.2) is 0 Å². The Labute approximate surface area is 183 Å². The van der Waals surface area contributed by atoms with Gasteiger partial charge in [-0.05, 0) is 51.9 Å². The third-order valence-corrected chi connectivity index (χ3v) is 8.14. The number of ether oxygens (including phenoxy) is 1. The largest absolute Gasteiger partial charge is 0.375 e. The van der Waals surface area contributed by atoms with Crippen molar-refractivity contribution in [1.29, 1.82) is 0 Å². The molecule has 4 fully saturated rings. The molecule has 0 bridgehead atoms. The molecule has 4 aliphatic rings. The van der Waals surface area contributed by atoms with Crippen LogP contribution in [0, 0.1) is 5.92 Å². The van der Waals surface area contributed by atoms with Crippen molar-refractivity contribution in [2.75, 3.05) is 13.2 Å². The highest BCUT2D eigenvalue weighted by Gasteiger charge is 2.42. The Hall–Kier alpha value is -0.150. The van der Waals surface area contributed by atoms with Gasteiger partial charge in [-0.1, -0.05) is 0 Å². The summed E-state index contributed by atoms with van der Waals surface area (Å²) in [5, 5.41) is 5.64. The summed E-state index contributed by atoms with van der Waals surface area (Å²) < 4.78 is 5.70. The summed E-state index contributed by atoms with van der Waals surface area (Å²) in [7, 11) is 0. The van der Waals surface area contributed by atoms with Crippen LogP contribution in [0.3, 0.4) is 0 Å². The first kappa shape index (κ1) is 22.1. The number of nitrogens with one attached hydrogen (secondary N) is 3. The van der Waals surface area contributed by atoms with E-state index in [0.717, 1.165) is 45.3 Å². The minimum atomic E-state index is -0.325. The Balaban J connectivity index is 1.27. The van der Waals surface area contributed by atoms with Crippen LogP contribution in [0.4, 0.5) is 0 Å². The maximum Gasteiger partial charge on any atom is 0.239 e. The molecule has 1 saturated carbocycles. The molecule has 1 aliphatic carbocycles. The summed E-state index contributed by atoms with van der Waals surface area (Å²) in [6.07, 6.45) is 5.81. The smallest absolute Gasteiger partial charge is 0.239 e. The lowest BCUT2D eigenvalue weighted by Crippen LogP contribution is -2.52. The molecule has 0 spiro atoms. The first-order valence-corrected chi connectivity index (χ1v) is 11.9. The fourth-order valence-electron chi connectivity index (χ4n) is 5.19. The van der Waals surface area contributed by atoms with Crippen molar-refractivity contribution in [2.45, 2.75) is 99.5 Å². The summed E-state index contributed by atoms with van der Waals surface area (Å²) >= 11 is 12.6. The molecule has 4 rings (SSSR count). The molecule has 0 radical (unpaired) electrons. The fraction of sp³-hybridized carbons (Fsp3) is 0.950. The molecular weight excluding hydrogens is 415 g/mol. The minimum Gasteiger partial charge on any atom is -0.375 e. The zero-order chi connectivity index (χ0) is 20.5. The molecule has 9 heteroatoms. The Morgan fingerprint density at radius 1 is 1.14 bits per heavy atom. The van der Waals surface area contributed by atoms with Gasteiger partial charge in [-0.3, -0.25) is 9.63 Å². The standard InChI is InChI=1S/C20H34Cl2N4O3/c1-11-19(12(2)26(24-11)10-13-5-6-14(21)15(22)8-13)23-20(27)16-9-18(29-25-16)17-4-3-7-28-17/h11-19,24-25H,3-10H2,1-2H3,(H,23,27). The molecule has 7 nitrogen and oxygen atoms in total. The number of halogens is 2. The van der Waals surface area contributed by atoms with Gasteiger partial charge in [-0.2, -0.15) is 5.48 Å². The number of carbonyl (C=O) groups excluding carboxylic acids is 1. The Morgan fingerprint density at radius 2 is 1.97 bits per heavy atom. The maximum atomic E-state index is 12.9. The number of hydrazine groups is 1. The van der Waals surface area contributed by atoms with Crippen molar-refractivity contribution < 1.29 is 14.4 Å². The van der Waals surface area contributed by atoms with Crippen LogP contribution >= 0.6 is 23.2 Å². The van der Waals surface area contributed by atoms with Gasteiger partial charge in [0.2, 0.25) is 5.91 Å². The summed E-state index contributed by atoms with van der Waals surface area (Å²) in [5.41, 5.74) is 6.47. The van der Waals surface area contributed by atoms with Crippen LogP contribution in [-0.4, -0.2) is 71.2 Å². The minimum absolute atomic E-state index is 0.00122. The second-order valence-corrected chi connectivity index (χ2v) is 10.3. The van der Waals surface area contributed by atoms with E-state index in [0.29, 0.717) is 12.3 Å². The van der Waals surface area contributed by atoms with Crippen LogP contribution in [0.2, 0.25) is 0 Å². The Kier molecular flexibility index (Phi) is 7.26. The van der Waals surface area contributed by atoms with Gasteiger partial charge in [-0.25, -0.2) is 10.4 Å². The van der Waals surface area contributed by atoms with Gasteiger partial charge >= 0.3 is 0 Å². The second-order valence-electron chi connectivity index (χ2n) is 9.17. The average Bonchev–Trinajstić information content (AvgIpc) is 3.42. The van der Waals surface area contributed by atoms with E-state index in [1.807, 2.05) is 0 Å². The molecule has 9 atom stereocenters. The highest BCUT2D eigenvalue weighted by atomic mass is 35.5. The van der Waals surface area contributed by atoms with Crippen LogP contribution in [0.15, 0.2) is 0 Å². The highest BCUT2D eigenvalue weighted by molar-refractivity contribution is 6.30. The van der Waals surface area contributed by atoms with E-state index in [2.05, 4.69) is 35.1 Å². The maximum absolute atomic E-state index is 12.9. The molecule has 0 aromatic heterocycles. The third kappa shape index (κ3) is 5.03. The zero-order valence-electron chi connectivity index (χ0n) is 17.3. The molecule has 1 amide bonds. The van der Waals surface area contributed by atoms with Crippen molar-refractivity contribution >= 4 is 29.1 Å². The van der Waals surface area contributed by atoms with E-state index in [9.17, 15) is 4.79 Å². The number of hydroxylamine groups is 1. The van der Waals surface area contributed by atoms with Crippen molar-refractivity contribution in [2.24, 2.45) is 5.92 Å². The van der Waals surface area contributed by atoms with Gasteiger partial charge in [0, 0.05) is 37.0 Å². The molecular formula is C20H34Cl2N4O3. The monoisotopic (exact) mass is 448 g/mol. The highest BCUT2D eigenvalue weighted by Crippen LogP contribution is 2.33. The van der Waals surface area contributed by atoms with Crippen LogP contribution in [0.25, 0.3) is 0 Å². The number of hydrogen-bond acceptors (Lipinski definition) is 6. The van der Waals surface area contributed by atoms with E-state index in [1.165, 1.54) is 0 Å². The Morgan fingerprint density at radius 3 is 2.69 bits per heavy atom. The second kappa shape index (κ2) is 9.55. The van der Waals surface area contributed by atoms with Gasteiger partial charge in [0.1, 0.15) is 12.1 Å². The predicted molar refractivity (Wildman–Crippen MR) is 113 cm³/mol. The predicted octanol–water partition coefficient (Wildman–Crippen LogP) is 1.92. The quantitative estimate of drug-likeness (QED) is 0.557. The molecule has 3 heterocycles. The lowest BCUT2D eigenvalue weighted by Gasteiger charge is -2.33. The molecule has 166 valence electrons. The van der Waals surface area contributed by atoms with E-state index < -0.39 is 0 Å². The van der Waals surface area contributed by atoms with Gasteiger partial charge < -0.3 is 10.1 Å². The van der Waals surface area contributed by atoms with Crippen molar-refractivity contribution in [3.05, 3.63) is 0 Å². The summed E-state index contributed by atoms with van der Waals surface area (Å²) in [6.45, 7) is 6.00. The number of rotatable bonds is 5. The molecule has 3 saturated heterocycles. The Bertz CT molecular complexity index is 580. The summed E-state index contributed by atoms with van der Waals surface area (Å²) in [6, 6.07) is 0.0880. The zero-order valence-corrected chi connectivity index (χ0v) is 18.8. The van der Waals surface area contributed by atoms with E-state index in [1.54, 1.807) is 0 Å². The van der Waals surface area contributed by atoms with Crippen molar-refractivity contribution in [3.63, 3.8) is 0 Å². The number of alkyl halides is 2. The van der Waals surface area contributed by atoms with Crippen LogP contribution in [0.1, 0.15) is 52.4 Å². The molecule has 0 aromatic carbocycles. The lowest BCUT2D eigenvalue weighted by atomic mass is 9.88. The van der Waals surface area contributed by atoms with Crippen molar-refractivity contribution in [3.8, 4) is 0 Å². The van der Waals surface area contributed by atoms with E-state index >= 15 is 0 Å². The first-order valence-electron chi connectivity index (χ1n) is 11.1. The van der Waals surface area contributed by atoms with Crippen molar-refractivity contribution in [1.82, 2.24) is 21.2 Å². The number of carbonyl (C=O) groups is 1. The third-order valence-electron chi connectivity index (χ3n) is 7.01. The summed E-state index contributed by atoms with van der Waals surface area (Å²) in [5.74, 6) is 0.530. The fourth-order valence-corrected chi connectivity index (χ4v) is 5.79. The molecule has 0 aromatic rings. The number of hydrogen-bond donors (Lipinski definition) is 3. The molecule has 3 aliphatic heterocycles. The lowest BCUT2D eigenvalue weighted by molar-refractivity contribution is -0.125. The molecule has 9 unspecified atom stereocenters. The summed E-state index contributed by atoms with van der Waals surface area (Å²) in [4.78, 5) is 18.5. The van der Waals surface area contributed by atoms with Gasteiger partial charge in [0.25, 0.3) is 0 Å². The van der Waals surface area contributed by atoms with Crippen LogP contribution in [0.5, 0.6) is 0 Å². The SMILES string of the molecule is CC1NN(CC2CCC(Cl)C(Cl)C2)C(C)C1NC(=O)C1CC(C2CCCO2)ON1. The first-order chi connectivity index (χ1) is 13.9. The number of nitrogens with zero attached hydrogens (tertiary/aromatic N) is 1. The van der Waals surface area contributed by atoms with Crippen LogP contribution < -0.4 is 16.2 Å². The average molecular weight is 449 g/mol. The van der Waals surface area contributed by atoms with Gasteiger partial charge in [-0.15, -0.1) is 23.2 Å². The van der Waals surface area contributed by atoms with Gasteiger partial charge in [0.05, 0.1) is 17.5 Å². The molecule has 3 N–H and O–H groups in total. The topological polar surface area (TPSA) is 74.9 Å². The normalized spacial score (nSPS) is 46.3. The number of amides is 1.